The van der Waals surface area contributed by atoms with E-state index in [0.717, 1.165) is 25.9 Å². The zero-order chi connectivity index (χ0) is 11.4. The monoisotopic (exact) mass is 224 g/mol. The molecule has 1 aromatic rings. The molecule has 1 aromatic heterocycles. The van der Waals surface area contributed by atoms with Crippen molar-refractivity contribution >= 4 is 5.91 Å². The summed E-state index contributed by atoms with van der Waals surface area (Å²) in [4.78, 5) is 14.9. The Morgan fingerprint density at radius 1 is 1.44 bits per heavy atom. The summed E-state index contributed by atoms with van der Waals surface area (Å²) in [5.41, 5.74) is 0. The second-order valence-electron chi connectivity index (χ2n) is 3.89. The molecule has 88 valence electrons. The molecule has 7 heteroatoms. The molecule has 0 radical (unpaired) electrons. The van der Waals surface area contributed by atoms with Gasteiger partial charge in [-0.1, -0.05) is 0 Å². The van der Waals surface area contributed by atoms with Crippen LogP contribution in [0, 0.1) is 0 Å². The summed E-state index contributed by atoms with van der Waals surface area (Å²) < 4.78 is 0. The van der Waals surface area contributed by atoms with Crippen LogP contribution in [0.3, 0.4) is 0 Å². The SMILES string of the molecule is Cn1nnc(CNCC(=O)N2CCCC2)n1. The molecule has 1 aliphatic heterocycles. The molecule has 0 spiro atoms. The molecule has 7 nitrogen and oxygen atoms in total. The van der Waals surface area contributed by atoms with Gasteiger partial charge in [-0.15, -0.1) is 10.2 Å². The van der Waals surface area contributed by atoms with Crippen LogP contribution in [0.15, 0.2) is 0 Å². The van der Waals surface area contributed by atoms with Gasteiger partial charge in [-0.25, -0.2) is 0 Å². The number of aromatic nitrogens is 4. The maximum Gasteiger partial charge on any atom is 0.236 e. The van der Waals surface area contributed by atoms with Crippen LogP contribution < -0.4 is 5.32 Å². The number of aryl methyl sites for hydroxylation is 1. The molecule has 0 atom stereocenters. The Morgan fingerprint density at radius 2 is 2.19 bits per heavy atom. The van der Waals surface area contributed by atoms with E-state index in [4.69, 9.17) is 0 Å². The molecule has 1 N–H and O–H groups in total. The molecule has 2 heterocycles. The number of likely N-dealkylation sites (tertiary alicyclic amines) is 1. The van der Waals surface area contributed by atoms with E-state index in [-0.39, 0.29) is 5.91 Å². The van der Waals surface area contributed by atoms with Gasteiger partial charge in [0.2, 0.25) is 5.91 Å². The summed E-state index contributed by atoms with van der Waals surface area (Å²) in [5, 5.41) is 14.6. The summed E-state index contributed by atoms with van der Waals surface area (Å²) in [6, 6.07) is 0. The third-order valence-corrected chi connectivity index (χ3v) is 2.57. The van der Waals surface area contributed by atoms with Gasteiger partial charge in [0.15, 0.2) is 5.82 Å². The van der Waals surface area contributed by atoms with Crippen LogP contribution in [-0.4, -0.2) is 50.6 Å². The number of hydrogen-bond donors (Lipinski definition) is 1. The van der Waals surface area contributed by atoms with Crippen LogP contribution in [0.1, 0.15) is 18.7 Å². The first-order valence-electron chi connectivity index (χ1n) is 5.47. The standard InChI is InChI=1S/C9H16N6O/c1-14-12-8(11-13-14)6-10-7-9(16)15-4-2-3-5-15/h10H,2-7H2,1H3. The average Bonchev–Trinajstić information content (AvgIpc) is 2.89. The zero-order valence-corrected chi connectivity index (χ0v) is 9.39. The molecule has 2 rings (SSSR count). The third kappa shape index (κ3) is 2.75. The number of carbonyl (C=O) groups is 1. The van der Waals surface area contributed by atoms with Gasteiger partial charge in [0.1, 0.15) is 0 Å². The van der Waals surface area contributed by atoms with Crippen molar-refractivity contribution in [3.05, 3.63) is 5.82 Å². The van der Waals surface area contributed by atoms with E-state index in [1.165, 1.54) is 4.80 Å². The normalized spacial score (nSPS) is 15.7. The van der Waals surface area contributed by atoms with Crippen LogP contribution in [-0.2, 0) is 18.4 Å². The number of rotatable bonds is 4. The smallest absolute Gasteiger partial charge is 0.236 e. The molecule has 1 aliphatic rings. The van der Waals surface area contributed by atoms with Crippen LogP contribution in [0.25, 0.3) is 0 Å². The predicted molar refractivity (Wildman–Crippen MR) is 56.3 cm³/mol. The van der Waals surface area contributed by atoms with Crippen molar-refractivity contribution in [1.29, 1.82) is 0 Å². The maximum atomic E-state index is 11.6. The minimum Gasteiger partial charge on any atom is -0.342 e. The van der Waals surface area contributed by atoms with E-state index in [1.807, 2.05) is 4.90 Å². The summed E-state index contributed by atoms with van der Waals surface area (Å²) in [6.45, 7) is 2.61. The highest BCUT2D eigenvalue weighted by Crippen LogP contribution is 2.06. The number of hydrogen-bond acceptors (Lipinski definition) is 5. The van der Waals surface area contributed by atoms with Gasteiger partial charge >= 0.3 is 0 Å². The Balaban J connectivity index is 1.69. The molecule has 0 unspecified atom stereocenters. The highest BCUT2D eigenvalue weighted by Gasteiger charge is 2.17. The molecule has 1 saturated heterocycles. The van der Waals surface area contributed by atoms with Gasteiger partial charge in [-0.2, -0.15) is 4.80 Å². The van der Waals surface area contributed by atoms with Crippen LogP contribution in [0.5, 0.6) is 0 Å². The van der Waals surface area contributed by atoms with Crippen molar-refractivity contribution in [1.82, 2.24) is 30.4 Å². The first kappa shape index (κ1) is 11.0. The summed E-state index contributed by atoms with van der Waals surface area (Å²) in [6.07, 6.45) is 2.24. The van der Waals surface area contributed by atoms with Crippen LogP contribution in [0.2, 0.25) is 0 Å². The van der Waals surface area contributed by atoms with Crippen molar-refractivity contribution in [3.63, 3.8) is 0 Å². The highest BCUT2D eigenvalue weighted by molar-refractivity contribution is 5.78. The molecule has 16 heavy (non-hydrogen) atoms. The lowest BCUT2D eigenvalue weighted by Crippen LogP contribution is -2.36. The van der Waals surface area contributed by atoms with Crippen molar-refractivity contribution < 1.29 is 4.79 Å². The number of tetrazole rings is 1. The second kappa shape index (κ2) is 5.02. The predicted octanol–water partition coefficient (Wildman–Crippen LogP) is -1.08. The fourth-order valence-corrected chi connectivity index (χ4v) is 1.75. The van der Waals surface area contributed by atoms with Crippen molar-refractivity contribution in [2.45, 2.75) is 19.4 Å². The quantitative estimate of drug-likeness (QED) is 0.704. The second-order valence-corrected chi connectivity index (χ2v) is 3.89. The van der Waals surface area contributed by atoms with Crippen molar-refractivity contribution in [2.75, 3.05) is 19.6 Å². The molecule has 0 aliphatic carbocycles. The van der Waals surface area contributed by atoms with Crippen molar-refractivity contribution in [2.24, 2.45) is 7.05 Å². The first-order valence-corrected chi connectivity index (χ1v) is 5.47. The minimum atomic E-state index is 0.154. The van der Waals surface area contributed by atoms with Gasteiger partial charge in [0.25, 0.3) is 0 Å². The maximum absolute atomic E-state index is 11.6. The van der Waals surface area contributed by atoms with E-state index in [9.17, 15) is 4.79 Å². The van der Waals surface area contributed by atoms with Crippen molar-refractivity contribution in [3.8, 4) is 0 Å². The largest absolute Gasteiger partial charge is 0.342 e. The Labute approximate surface area is 93.8 Å². The Hall–Kier alpha value is -1.50. The Morgan fingerprint density at radius 3 is 2.81 bits per heavy atom. The first-order chi connectivity index (χ1) is 7.75. The fourth-order valence-electron chi connectivity index (χ4n) is 1.75. The minimum absolute atomic E-state index is 0.154. The molecule has 0 bridgehead atoms. The van der Waals surface area contributed by atoms with Gasteiger partial charge < -0.3 is 10.2 Å². The van der Waals surface area contributed by atoms with E-state index >= 15 is 0 Å². The molecule has 0 saturated carbocycles. The molecule has 1 fully saturated rings. The van der Waals surface area contributed by atoms with Gasteiger partial charge in [-0.05, 0) is 18.1 Å². The van der Waals surface area contributed by atoms with Gasteiger partial charge in [0, 0.05) is 13.1 Å². The number of carbonyl (C=O) groups excluding carboxylic acids is 1. The van der Waals surface area contributed by atoms with E-state index in [2.05, 4.69) is 20.7 Å². The fraction of sp³-hybridized carbons (Fsp3) is 0.778. The lowest BCUT2D eigenvalue weighted by atomic mass is 10.4. The highest BCUT2D eigenvalue weighted by atomic mass is 16.2. The lowest BCUT2D eigenvalue weighted by Gasteiger charge is -2.14. The average molecular weight is 224 g/mol. The van der Waals surface area contributed by atoms with E-state index in [1.54, 1.807) is 7.05 Å². The lowest BCUT2D eigenvalue weighted by molar-refractivity contribution is -0.129. The van der Waals surface area contributed by atoms with E-state index < -0.39 is 0 Å². The molecular weight excluding hydrogens is 208 g/mol. The topological polar surface area (TPSA) is 75.9 Å². The summed E-state index contributed by atoms with van der Waals surface area (Å²) >= 11 is 0. The number of nitrogens with one attached hydrogen (secondary N) is 1. The molecule has 1 amide bonds. The van der Waals surface area contributed by atoms with Crippen LogP contribution >= 0.6 is 0 Å². The zero-order valence-electron chi connectivity index (χ0n) is 9.39. The van der Waals surface area contributed by atoms with E-state index in [0.29, 0.717) is 18.9 Å². The molecular formula is C9H16N6O. The Kier molecular flexibility index (Phi) is 3.45. The molecule has 0 aromatic carbocycles. The Bertz CT molecular complexity index is 357. The van der Waals surface area contributed by atoms with Crippen LogP contribution in [0.4, 0.5) is 0 Å². The van der Waals surface area contributed by atoms with Gasteiger partial charge in [0.05, 0.1) is 20.1 Å². The number of nitrogens with zero attached hydrogens (tertiary/aromatic N) is 5. The third-order valence-electron chi connectivity index (χ3n) is 2.57. The summed E-state index contributed by atoms with van der Waals surface area (Å²) in [5.74, 6) is 0.762. The summed E-state index contributed by atoms with van der Waals surface area (Å²) in [7, 11) is 1.71. The number of amides is 1. The van der Waals surface area contributed by atoms with Gasteiger partial charge in [-0.3, -0.25) is 4.79 Å².